The van der Waals surface area contributed by atoms with Gasteiger partial charge in [0.2, 0.25) is 12.5 Å². The van der Waals surface area contributed by atoms with Crippen LogP contribution in [0.5, 0.6) is 28.9 Å². The van der Waals surface area contributed by atoms with Crippen LogP contribution in [-0.4, -0.2) is 28.8 Å². The fourth-order valence-electron chi connectivity index (χ4n) is 2.74. The molecule has 0 spiro atoms. The number of allylic oxidation sites excluding steroid dienone is 1. The number of ether oxygens (including phenoxy) is 3. The zero-order chi connectivity index (χ0) is 25.6. The van der Waals surface area contributed by atoms with Crippen LogP contribution in [0.25, 0.3) is 0 Å². The fraction of sp³-hybridized carbons (Fsp3) is 0.217. The average Bonchev–Trinajstić information content (AvgIpc) is 3.05. The topological polar surface area (TPSA) is 67.1 Å². The van der Waals surface area contributed by atoms with Crippen LogP contribution in [-0.2, 0) is 11.9 Å². The summed E-state index contributed by atoms with van der Waals surface area (Å²) in [6.45, 7) is 1.83. The number of hydrogen-bond acceptors (Lipinski definition) is 6. The average molecular weight is 530 g/mol. The number of aryl methyl sites for hydroxylation is 2. The molecular weight excluding hydrogens is 510 g/mol. The molecule has 0 fully saturated rings. The van der Waals surface area contributed by atoms with E-state index in [1.165, 1.54) is 4.68 Å². The van der Waals surface area contributed by atoms with Crippen molar-refractivity contribution in [3.8, 4) is 28.9 Å². The molecular formula is C23H20Cl2F3N3O4. The van der Waals surface area contributed by atoms with E-state index in [1.54, 1.807) is 69.4 Å². The minimum atomic E-state index is -4.48. The van der Waals surface area contributed by atoms with Crippen molar-refractivity contribution in [2.24, 2.45) is 12.2 Å². The van der Waals surface area contributed by atoms with Gasteiger partial charge in [-0.1, -0.05) is 28.4 Å². The zero-order valence-corrected chi connectivity index (χ0v) is 20.3. The zero-order valence-electron chi connectivity index (χ0n) is 18.8. The molecule has 7 nitrogen and oxygen atoms in total. The van der Waals surface area contributed by atoms with Crippen molar-refractivity contribution in [1.29, 1.82) is 0 Å². The fourth-order valence-corrected chi connectivity index (χ4v) is 2.82. The van der Waals surface area contributed by atoms with E-state index in [1.807, 2.05) is 0 Å². The van der Waals surface area contributed by atoms with Crippen LogP contribution in [0.4, 0.5) is 13.2 Å². The maximum absolute atomic E-state index is 12.2. The molecule has 0 radical (unpaired) electrons. The maximum Gasteiger partial charge on any atom is 0.425 e. The van der Waals surface area contributed by atoms with Crippen molar-refractivity contribution in [3.05, 3.63) is 70.0 Å². The van der Waals surface area contributed by atoms with E-state index in [9.17, 15) is 13.2 Å². The molecule has 186 valence electrons. The summed E-state index contributed by atoms with van der Waals surface area (Å²) in [5.41, 5.74) is 0.895. The quantitative estimate of drug-likeness (QED) is 0.165. The van der Waals surface area contributed by atoms with Gasteiger partial charge in [-0.25, -0.2) is 4.68 Å². The Balaban J connectivity index is 1.65. The van der Waals surface area contributed by atoms with E-state index in [2.05, 4.69) is 15.1 Å². The standard InChI is InChI=1S/C23H20Cl2F3N3O4/c1-14-20(12-29-32-13-23(26,27)28)22(31(3)30-14)35-19-10-8-18(9-11-19)34-17-6-4-16(5-7-17)33-15(2)21(24)25/h4-12H,13H2,1-3H3/b29-12+. The number of rotatable bonds is 9. The van der Waals surface area contributed by atoms with Gasteiger partial charge in [0, 0.05) is 7.05 Å². The molecule has 35 heavy (non-hydrogen) atoms. The molecule has 0 unspecified atom stereocenters. The highest BCUT2D eigenvalue weighted by Crippen LogP contribution is 2.30. The van der Waals surface area contributed by atoms with Crippen molar-refractivity contribution >= 4 is 29.4 Å². The van der Waals surface area contributed by atoms with Crippen LogP contribution < -0.4 is 14.2 Å². The first kappa shape index (κ1) is 26.2. The van der Waals surface area contributed by atoms with E-state index in [-0.39, 0.29) is 10.4 Å². The number of oxime groups is 1. The Labute approximate surface area is 209 Å². The van der Waals surface area contributed by atoms with Crippen LogP contribution in [0.15, 0.2) is 63.9 Å². The smallest absolute Gasteiger partial charge is 0.425 e. The van der Waals surface area contributed by atoms with Gasteiger partial charge in [-0.05, 0) is 62.4 Å². The molecule has 0 N–H and O–H groups in total. The summed E-state index contributed by atoms with van der Waals surface area (Å²) in [5, 5.41) is 7.58. The highest BCUT2D eigenvalue weighted by molar-refractivity contribution is 6.56. The summed E-state index contributed by atoms with van der Waals surface area (Å²) in [4.78, 5) is 4.29. The summed E-state index contributed by atoms with van der Waals surface area (Å²) in [5.74, 6) is 2.79. The lowest BCUT2D eigenvalue weighted by Gasteiger charge is -2.10. The maximum atomic E-state index is 12.2. The Morgan fingerprint density at radius 3 is 2.00 bits per heavy atom. The summed E-state index contributed by atoms with van der Waals surface area (Å²) < 4.78 is 55.3. The van der Waals surface area contributed by atoms with Crippen molar-refractivity contribution in [3.63, 3.8) is 0 Å². The molecule has 0 saturated carbocycles. The third kappa shape index (κ3) is 7.83. The first-order chi connectivity index (χ1) is 16.5. The normalized spacial score (nSPS) is 11.4. The molecule has 0 aliphatic heterocycles. The predicted octanol–water partition coefficient (Wildman–Crippen LogP) is 7.27. The van der Waals surface area contributed by atoms with Crippen molar-refractivity contribution in [2.75, 3.05) is 6.61 Å². The van der Waals surface area contributed by atoms with E-state index in [0.29, 0.717) is 40.0 Å². The highest BCUT2D eigenvalue weighted by atomic mass is 35.5. The Hall–Kier alpha value is -3.37. The molecule has 0 atom stereocenters. The van der Waals surface area contributed by atoms with Gasteiger partial charge in [0.15, 0.2) is 0 Å². The second-order valence-corrected chi connectivity index (χ2v) is 8.07. The lowest BCUT2D eigenvalue weighted by molar-refractivity contribution is -0.173. The SMILES string of the molecule is CC(Oc1ccc(Oc2ccc(Oc3c(/C=N/OCC(F)(F)F)c(C)nn3C)cc2)cc1)=C(Cl)Cl. The van der Waals surface area contributed by atoms with E-state index in [4.69, 9.17) is 37.4 Å². The molecule has 0 aliphatic rings. The predicted molar refractivity (Wildman–Crippen MR) is 126 cm³/mol. The monoisotopic (exact) mass is 529 g/mol. The van der Waals surface area contributed by atoms with E-state index < -0.39 is 12.8 Å². The third-order valence-electron chi connectivity index (χ3n) is 4.33. The number of hydrogen-bond donors (Lipinski definition) is 0. The van der Waals surface area contributed by atoms with Crippen LogP contribution in [0.3, 0.4) is 0 Å². The first-order valence-electron chi connectivity index (χ1n) is 10.0. The van der Waals surface area contributed by atoms with Crippen LogP contribution in [0.1, 0.15) is 18.2 Å². The number of alkyl halides is 3. The number of nitrogens with zero attached hydrogens (tertiary/aromatic N) is 3. The molecule has 1 aromatic heterocycles. The molecule has 0 amide bonds. The molecule has 1 heterocycles. The largest absolute Gasteiger partial charge is 0.460 e. The summed E-state index contributed by atoms with van der Waals surface area (Å²) in [7, 11) is 1.64. The van der Waals surface area contributed by atoms with Gasteiger partial charge in [0.05, 0.1) is 17.5 Å². The van der Waals surface area contributed by atoms with Gasteiger partial charge in [-0.2, -0.15) is 18.3 Å². The minimum Gasteiger partial charge on any atom is -0.460 e. The number of benzene rings is 2. The summed E-state index contributed by atoms with van der Waals surface area (Å²) in [6, 6.07) is 13.6. The van der Waals surface area contributed by atoms with Crippen LogP contribution >= 0.6 is 23.2 Å². The Morgan fingerprint density at radius 2 is 1.49 bits per heavy atom. The second-order valence-electron chi connectivity index (χ2n) is 7.12. The molecule has 0 saturated heterocycles. The van der Waals surface area contributed by atoms with Crippen LogP contribution in [0, 0.1) is 6.92 Å². The van der Waals surface area contributed by atoms with Gasteiger partial charge >= 0.3 is 6.18 Å². The minimum absolute atomic E-state index is 0.0445. The molecule has 3 rings (SSSR count). The highest BCUT2D eigenvalue weighted by Gasteiger charge is 2.28. The summed E-state index contributed by atoms with van der Waals surface area (Å²) in [6.07, 6.45) is -3.35. The Bertz CT molecular complexity index is 1200. The summed E-state index contributed by atoms with van der Waals surface area (Å²) >= 11 is 11.3. The second kappa shape index (κ2) is 11.4. The Kier molecular flexibility index (Phi) is 8.52. The molecule has 12 heteroatoms. The molecule has 0 aliphatic carbocycles. The molecule has 3 aromatic rings. The van der Waals surface area contributed by atoms with E-state index in [0.717, 1.165) is 6.21 Å². The van der Waals surface area contributed by atoms with Gasteiger partial charge in [0.25, 0.3) is 0 Å². The number of aromatic nitrogens is 2. The van der Waals surface area contributed by atoms with E-state index >= 15 is 0 Å². The van der Waals surface area contributed by atoms with Gasteiger partial charge in [0.1, 0.15) is 33.2 Å². The lowest BCUT2D eigenvalue weighted by atomic mass is 10.2. The molecule has 0 bridgehead atoms. The van der Waals surface area contributed by atoms with Crippen LogP contribution in [0.2, 0.25) is 0 Å². The first-order valence-corrected chi connectivity index (χ1v) is 10.8. The van der Waals surface area contributed by atoms with Crippen molar-refractivity contribution < 1.29 is 32.2 Å². The lowest BCUT2D eigenvalue weighted by Crippen LogP contribution is -2.14. The van der Waals surface area contributed by atoms with Crippen molar-refractivity contribution in [1.82, 2.24) is 9.78 Å². The van der Waals surface area contributed by atoms with Gasteiger partial charge in [-0.15, -0.1) is 0 Å². The Morgan fingerprint density at radius 1 is 0.971 bits per heavy atom. The molecule has 2 aromatic carbocycles. The van der Waals surface area contributed by atoms with Gasteiger partial charge < -0.3 is 19.0 Å². The van der Waals surface area contributed by atoms with Gasteiger partial charge in [-0.3, -0.25) is 0 Å². The van der Waals surface area contributed by atoms with Crippen molar-refractivity contribution in [2.45, 2.75) is 20.0 Å². The third-order valence-corrected chi connectivity index (χ3v) is 4.87. The number of halogens is 5.